The molecule has 0 amide bonds. The molecule has 1 N–H and O–H groups in total. The molecule has 4 rings (SSSR count). The van der Waals surface area contributed by atoms with Crippen LogP contribution in [0.25, 0.3) is 0 Å². The summed E-state index contributed by atoms with van der Waals surface area (Å²) in [5, 5.41) is 14.1. The highest BCUT2D eigenvalue weighted by molar-refractivity contribution is 14.0. The van der Waals surface area contributed by atoms with Crippen LogP contribution in [-0.4, -0.2) is 45.3 Å². The Kier molecular flexibility index (Phi) is 8.26. The van der Waals surface area contributed by atoms with Crippen molar-refractivity contribution in [1.29, 1.82) is 0 Å². The summed E-state index contributed by atoms with van der Waals surface area (Å²) in [6.45, 7) is 5.38. The molecule has 0 radical (unpaired) electrons. The number of benzene rings is 1. The molecule has 3 heterocycles. The molecule has 0 aliphatic carbocycles. The third-order valence-corrected chi connectivity index (χ3v) is 6.48. The first kappa shape index (κ1) is 22.7. The lowest BCUT2D eigenvalue weighted by molar-refractivity contribution is 0.483. The Balaban J connectivity index is 0.00000256. The lowest BCUT2D eigenvalue weighted by atomic mass is 9.99. The normalized spacial score (nSPS) is 16.5. The van der Waals surface area contributed by atoms with Crippen molar-refractivity contribution >= 4 is 41.3 Å². The molecular formula is C22H29IN6S. The van der Waals surface area contributed by atoms with Gasteiger partial charge in [-0.2, -0.15) is 0 Å². The molecule has 30 heavy (non-hydrogen) atoms. The molecule has 1 aromatic carbocycles. The highest BCUT2D eigenvalue weighted by atomic mass is 127. The monoisotopic (exact) mass is 536 g/mol. The van der Waals surface area contributed by atoms with Crippen LogP contribution in [-0.2, 0) is 20.0 Å². The van der Waals surface area contributed by atoms with E-state index in [1.807, 2.05) is 18.5 Å². The minimum absolute atomic E-state index is 0. The number of hydrogen-bond donors (Lipinski definition) is 1. The Morgan fingerprint density at radius 3 is 2.73 bits per heavy atom. The molecular weight excluding hydrogens is 507 g/mol. The van der Waals surface area contributed by atoms with Crippen LogP contribution < -0.4 is 5.32 Å². The average Bonchev–Trinajstić information content (AvgIpc) is 3.49. The van der Waals surface area contributed by atoms with E-state index in [0.29, 0.717) is 12.5 Å². The second-order valence-electron chi connectivity index (χ2n) is 7.46. The molecule has 6 nitrogen and oxygen atoms in total. The van der Waals surface area contributed by atoms with Gasteiger partial charge in [-0.15, -0.1) is 45.5 Å². The maximum Gasteiger partial charge on any atom is 0.194 e. The Hall–Kier alpha value is -1.94. The van der Waals surface area contributed by atoms with Crippen molar-refractivity contribution in [3.8, 4) is 0 Å². The largest absolute Gasteiger partial charge is 0.356 e. The van der Waals surface area contributed by atoms with E-state index in [9.17, 15) is 0 Å². The summed E-state index contributed by atoms with van der Waals surface area (Å²) in [4.78, 5) is 8.69. The van der Waals surface area contributed by atoms with Crippen molar-refractivity contribution in [2.45, 2.75) is 32.2 Å². The fourth-order valence-electron chi connectivity index (χ4n) is 3.70. The van der Waals surface area contributed by atoms with Gasteiger partial charge in [0.15, 0.2) is 11.8 Å². The predicted molar refractivity (Wildman–Crippen MR) is 134 cm³/mol. The zero-order valence-electron chi connectivity index (χ0n) is 17.5. The van der Waals surface area contributed by atoms with Crippen LogP contribution in [0.3, 0.4) is 0 Å². The van der Waals surface area contributed by atoms with Crippen LogP contribution in [0.2, 0.25) is 0 Å². The smallest absolute Gasteiger partial charge is 0.194 e. The lowest BCUT2D eigenvalue weighted by Gasteiger charge is -2.22. The van der Waals surface area contributed by atoms with E-state index >= 15 is 0 Å². The predicted octanol–water partition coefficient (Wildman–Crippen LogP) is 3.98. The number of guanidine groups is 1. The molecule has 1 fully saturated rings. The molecule has 0 bridgehead atoms. The van der Waals surface area contributed by atoms with E-state index < -0.39 is 0 Å². The van der Waals surface area contributed by atoms with Crippen molar-refractivity contribution in [3.63, 3.8) is 0 Å². The maximum absolute atomic E-state index is 4.91. The van der Waals surface area contributed by atoms with Gasteiger partial charge in [0, 0.05) is 37.5 Å². The third kappa shape index (κ3) is 5.60. The van der Waals surface area contributed by atoms with Crippen molar-refractivity contribution in [2.75, 3.05) is 19.6 Å². The zero-order chi connectivity index (χ0) is 20.1. The van der Waals surface area contributed by atoms with Crippen molar-refractivity contribution in [1.82, 2.24) is 25.0 Å². The van der Waals surface area contributed by atoms with E-state index in [2.05, 4.69) is 68.3 Å². The van der Waals surface area contributed by atoms with E-state index in [4.69, 9.17) is 4.99 Å². The number of likely N-dealkylation sites (tertiary alicyclic amines) is 1. The molecule has 1 atom stereocenters. The number of nitrogens with one attached hydrogen (secondary N) is 1. The van der Waals surface area contributed by atoms with Gasteiger partial charge in [-0.1, -0.05) is 36.4 Å². The summed E-state index contributed by atoms with van der Waals surface area (Å²) < 4.78 is 2.00. The van der Waals surface area contributed by atoms with Gasteiger partial charge >= 0.3 is 0 Å². The standard InChI is InChI=1S/C22H28N6S.HI/c1-17-25-26-21(27(17)2)15-24-22(23-12-10-20-9-6-14-29-20)28-13-11-19(16-28)18-7-4-3-5-8-18;/h3-9,14,19H,10-13,15-16H2,1-2H3,(H,23,24);1H. The van der Waals surface area contributed by atoms with E-state index in [1.165, 1.54) is 10.4 Å². The zero-order valence-corrected chi connectivity index (χ0v) is 20.6. The topological polar surface area (TPSA) is 58.3 Å². The number of halogens is 1. The minimum Gasteiger partial charge on any atom is -0.356 e. The molecule has 0 saturated carbocycles. The molecule has 1 unspecified atom stereocenters. The third-order valence-electron chi connectivity index (χ3n) is 5.55. The van der Waals surface area contributed by atoms with Gasteiger partial charge in [0.1, 0.15) is 12.4 Å². The van der Waals surface area contributed by atoms with Gasteiger partial charge in [-0.05, 0) is 36.8 Å². The SMILES string of the molecule is Cc1nnc(CN=C(NCCc2cccs2)N2CCC(c3ccccc3)C2)n1C.I. The molecule has 1 aliphatic heterocycles. The van der Waals surface area contributed by atoms with Crippen molar-refractivity contribution in [3.05, 3.63) is 69.9 Å². The van der Waals surface area contributed by atoms with Crippen LogP contribution in [0.5, 0.6) is 0 Å². The summed E-state index contributed by atoms with van der Waals surface area (Å²) in [7, 11) is 1.99. The molecule has 2 aromatic heterocycles. The quantitative estimate of drug-likeness (QED) is 0.294. The van der Waals surface area contributed by atoms with Gasteiger partial charge in [0.2, 0.25) is 0 Å². The minimum atomic E-state index is 0. The number of thiophene rings is 1. The Morgan fingerprint density at radius 2 is 2.03 bits per heavy atom. The highest BCUT2D eigenvalue weighted by Gasteiger charge is 2.26. The number of rotatable bonds is 6. The average molecular weight is 536 g/mol. The van der Waals surface area contributed by atoms with Gasteiger partial charge in [-0.3, -0.25) is 0 Å². The van der Waals surface area contributed by atoms with Gasteiger partial charge in [0.25, 0.3) is 0 Å². The van der Waals surface area contributed by atoms with Crippen LogP contribution in [0.4, 0.5) is 0 Å². The molecule has 3 aromatic rings. The fraction of sp³-hybridized carbons (Fsp3) is 0.409. The summed E-state index contributed by atoms with van der Waals surface area (Å²) >= 11 is 1.80. The van der Waals surface area contributed by atoms with Gasteiger partial charge < -0.3 is 14.8 Å². The molecule has 1 aliphatic rings. The summed E-state index contributed by atoms with van der Waals surface area (Å²) in [5.74, 6) is 3.32. The maximum atomic E-state index is 4.91. The second-order valence-corrected chi connectivity index (χ2v) is 8.49. The summed E-state index contributed by atoms with van der Waals surface area (Å²) in [6.07, 6.45) is 2.16. The Bertz CT molecular complexity index is 938. The molecule has 1 saturated heterocycles. The van der Waals surface area contributed by atoms with Crippen molar-refractivity contribution in [2.24, 2.45) is 12.0 Å². The Morgan fingerprint density at radius 1 is 1.20 bits per heavy atom. The Labute approximate surface area is 199 Å². The first-order valence-electron chi connectivity index (χ1n) is 10.2. The summed E-state index contributed by atoms with van der Waals surface area (Å²) in [5.41, 5.74) is 1.41. The highest BCUT2D eigenvalue weighted by Crippen LogP contribution is 2.27. The number of nitrogens with zero attached hydrogens (tertiary/aromatic N) is 5. The molecule has 160 valence electrons. The number of aromatic nitrogens is 3. The molecule has 0 spiro atoms. The lowest BCUT2D eigenvalue weighted by Crippen LogP contribution is -2.41. The van der Waals surface area contributed by atoms with Crippen LogP contribution in [0.1, 0.15) is 34.4 Å². The van der Waals surface area contributed by atoms with Crippen LogP contribution in [0.15, 0.2) is 52.8 Å². The second kappa shape index (κ2) is 10.9. The van der Waals surface area contributed by atoms with Crippen molar-refractivity contribution < 1.29 is 0 Å². The van der Waals surface area contributed by atoms with Crippen LogP contribution in [0, 0.1) is 6.92 Å². The number of aliphatic imine (C=N–C) groups is 1. The van der Waals surface area contributed by atoms with E-state index in [0.717, 1.165) is 50.1 Å². The van der Waals surface area contributed by atoms with E-state index in [-0.39, 0.29) is 24.0 Å². The first-order valence-corrected chi connectivity index (χ1v) is 11.0. The van der Waals surface area contributed by atoms with E-state index in [1.54, 1.807) is 11.3 Å². The van der Waals surface area contributed by atoms with Crippen LogP contribution >= 0.6 is 35.3 Å². The van der Waals surface area contributed by atoms with Gasteiger partial charge in [-0.25, -0.2) is 4.99 Å². The fourth-order valence-corrected chi connectivity index (χ4v) is 4.41. The number of aryl methyl sites for hydroxylation is 1. The van der Waals surface area contributed by atoms with Gasteiger partial charge in [0.05, 0.1) is 0 Å². The first-order chi connectivity index (χ1) is 14.2. The molecule has 8 heteroatoms. The summed E-state index contributed by atoms with van der Waals surface area (Å²) in [6, 6.07) is 15.1. The number of hydrogen-bond acceptors (Lipinski definition) is 4.